The van der Waals surface area contributed by atoms with Crippen LogP contribution in [0.25, 0.3) is 32.6 Å². The summed E-state index contributed by atoms with van der Waals surface area (Å²) < 4.78 is 8.16. The molecule has 0 aliphatic heterocycles. The van der Waals surface area contributed by atoms with Gasteiger partial charge in [0.1, 0.15) is 12.4 Å². The van der Waals surface area contributed by atoms with Crippen LogP contribution < -0.4 is 10.5 Å². The molecule has 0 fully saturated rings. The molecular formula is C21H23N3O. The second-order valence-electron chi connectivity index (χ2n) is 6.71. The van der Waals surface area contributed by atoms with Gasteiger partial charge < -0.3 is 15.0 Å². The van der Waals surface area contributed by atoms with Crippen molar-refractivity contribution in [3.8, 4) is 5.75 Å². The van der Waals surface area contributed by atoms with E-state index in [2.05, 4.69) is 54.7 Å². The quantitative estimate of drug-likeness (QED) is 0.605. The van der Waals surface area contributed by atoms with Crippen molar-refractivity contribution < 1.29 is 4.74 Å². The van der Waals surface area contributed by atoms with Crippen LogP contribution in [-0.2, 0) is 7.05 Å². The molecule has 0 radical (unpaired) electrons. The zero-order valence-electron chi connectivity index (χ0n) is 14.9. The van der Waals surface area contributed by atoms with Gasteiger partial charge in [0.2, 0.25) is 0 Å². The normalized spacial score (nSPS) is 13.0. The molecule has 2 heterocycles. The van der Waals surface area contributed by atoms with E-state index in [0.717, 1.165) is 12.2 Å². The van der Waals surface area contributed by atoms with Crippen LogP contribution >= 0.6 is 0 Å². The Labute approximate surface area is 147 Å². The lowest BCUT2D eigenvalue weighted by molar-refractivity contribution is 0.286. The van der Waals surface area contributed by atoms with E-state index in [9.17, 15) is 0 Å². The topological polar surface area (TPSA) is 53.1 Å². The fourth-order valence-corrected chi connectivity index (χ4v) is 3.61. The van der Waals surface area contributed by atoms with Gasteiger partial charge in [0.05, 0.1) is 5.52 Å². The smallest absolute Gasteiger partial charge is 0.120 e. The third-order valence-electron chi connectivity index (χ3n) is 5.11. The van der Waals surface area contributed by atoms with E-state index in [-0.39, 0.29) is 6.04 Å². The zero-order chi connectivity index (χ0) is 17.6. The van der Waals surface area contributed by atoms with E-state index >= 15 is 0 Å². The Morgan fingerprint density at radius 1 is 1.16 bits per heavy atom. The van der Waals surface area contributed by atoms with Gasteiger partial charge in [0.25, 0.3) is 0 Å². The Hall–Kier alpha value is -2.59. The average molecular weight is 333 g/mol. The van der Waals surface area contributed by atoms with Crippen molar-refractivity contribution in [1.29, 1.82) is 0 Å². The second kappa shape index (κ2) is 6.05. The fourth-order valence-electron chi connectivity index (χ4n) is 3.61. The Morgan fingerprint density at radius 3 is 2.80 bits per heavy atom. The zero-order valence-corrected chi connectivity index (χ0v) is 14.9. The molecule has 25 heavy (non-hydrogen) atoms. The van der Waals surface area contributed by atoms with Gasteiger partial charge in [-0.1, -0.05) is 6.92 Å². The minimum Gasteiger partial charge on any atom is -0.492 e. The molecule has 4 rings (SSSR count). The maximum atomic E-state index is 5.97. The van der Waals surface area contributed by atoms with Crippen molar-refractivity contribution in [3.63, 3.8) is 0 Å². The third-order valence-corrected chi connectivity index (χ3v) is 5.11. The highest BCUT2D eigenvalue weighted by atomic mass is 16.5. The van der Waals surface area contributed by atoms with Gasteiger partial charge in [-0.05, 0) is 54.6 Å². The Balaban J connectivity index is 1.94. The van der Waals surface area contributed by atoms with Crippen LogP contribution in [0.1, 0.15) is 18.9 Å². The summed E-state index contributed by atoms with van der Waals surface area (Å²) in [5.41, 5.74) is 9.72. The van der Waals surface area contributed by atoms with Gasteiger partial charge in [-0.25, -0.2) is 0 Å². The molecule has 4 heteroatoms. The summed E-state index contributed by atoms with van der Waals surface area (Å²) in [7, 11) is 2.12. The van der Waals surface area contributed by atoms with Crippen molar-refractivity contribution in [2.24, 2.45) is 12.8 Å². The minimum atomic E-state index is 0.0699. The van der Waals surface area contributed by atoms with E-state index in [1.165, 1.54) is 38.1 Å². The van der Waals surface area contributed by atoms with Crippen LogP contribution in [-0.4, -0.2) is 22.2 Å². The molecule has 1 unspecified atom stereocenters. The molecule has 4 aromatic rings. The summed E-state index contributed by atoms with van der Waals surface area (Å²) in [6.07, 6.45) is 4.70. The molecule has 0 aliphatic carbocycles. The van der Waals surface area contributed by atoms with Gasteiger partial charge in [-0.3, -0.25) is 4.98 Å². The summed E-state index contributed by atoms with van der Waals surface area (Å²) in [6.45, 7) is 4.80. The summed E-state index contributed by atoms with van der Waals surface area (Å²) in [5, 5.41) is 4.85. The van der Waals surface area contributed by atoms with Crippen molar-refractivity contribution in [1.82, 2.24) is 9.55 Å². The SMILES string of the molecule is CCC(N)COc1ccc2c(c1)c1cc3cnccc3c(C)c1n2C. The molecule has 2 aromatic heterocycles. The first-order valence-corrected chi connectivity index (χ1v) is 8.74. The molecule has 0 saturated heterocycles. The van der Waals surface area contributed by atoms with Crippen LogP contribution in [0.3, 0.4) is 0 Å². The lowest BCUT2D eigenvalue weighted by Gasteiger charge is -2.11. The average Bonchev–Trinajstić information content (AvgIpc) is 2.92. The molecule has 2 aromatic carbocycles. The van der Waals surface area contributed by atoms with Crippen molar-refractivity contribution in [3.05, 3.63) is 48.3 Å². The third kappa shape index (κ3) is 2.53. The molecule has 128 valence electrons. The van der Waals surface area contributed by atoms with E-state index < -0.39 is 0 Å². The molecular weight excluding hydrogens is 310 g/mol. The predicted molar refractivity (Wildman–Crippen MR) is 104 cm³/mol. The summed E-state index contributed by atoms with van der Waals surface area (Å²) in [4.78, 5) is 4.28. The number of fused-ring (bicyclic) bond motifs is 4. The number of nitrogens with zero attached hydrogens (tertiary/aromatic N) is 2. The number of ether oxygens (including phenoxy) is 1. The molecule has 0 amide bonds. The number of hydrogen-bond donors (Lipinski definition) is 1. The number of pyridine rings is 1. The van der Waals surface area contributed by atoms with Gasteiger partial charge in [-0.2, -0.15) is 0 Å². The lowest BCUT2D eigenvalue weighted by Crippen LogP contribution is -2.26. The predicted octanol–water partition coefficient (Wildman–Crippen LogP) is 4.30. The molecule has 0 spiro atoms. The van der Waals surface area contributed by atoms with E-state index in [1.807, 2.05) is 18.5 Å². The highest BCUT2D eigenvalue weighted by molar-refractivity contribution is 6.14. The number of benzene rings is 2. The van der Waals surface area contributed by atoms with Crippen LogP contribution in [0.5, 0.6) is 5.75 Å². The van der Waals surface area contributed by atoms with Crippen LogP contribution in [0, 0.1) is 6.92 Å². The summed E-state index contributed by atoms with van der Waals surface area (Å²) >= 11 is 0. The number of aryl methyl sites for hydroxylation is 2. The standard InChI is InChI=1S/C21H23N3O/c1-4-15(22)12-25-16-5-6-20-18(10-16)19-9-14-11-23-8-7-17(14)13(2)21(19)24(20)3/h5-11,15H,4,12,22H2,1-3H3. The van der Waals surface area contributed by atoms with E-state index in [4.69, 9.17) is 10.5 Å². The maximum Gasteiger partial charge on any atom is 0.120 e. The molecule has 0 aliphatic rings. The van der Waals surface area contributed by atoms with Gasteiger partial charge in [0.15, 0.2) is 0 Å². The molecule has 2 N–H and O–H groups in total. The van der Waals surface area contributed by atoms with Crippen LogP contribution in [0.15, 0.2) is 42.7 Å². The fraction of sp³-hybridized carbons (Fsp3) is 0.286. The largest absolute Gasteiger partial charge is 0.492 e. The van der Waals surface area contributed by atoms with Gasteiger partial charge in [0, 0.05) is 47.2 Å². The summed E-state index contributed by atoms with van der Waals surface area (Å²) in [6, 6.07) is 10.7. The molecule has 1 atom stereocenters. The van der Waals surface area contributed by atoms with Gasteiger partial charge >= 0.3 is 0 Å². The number of aromatic nitrogens is 2. The Morgan fingerprint density at radius 2 is 2.00 bits per heavy atom. The molecule has 0 bridgehead atoms. The first-order valence-electron chi connectivity index (χ1n) is 8.74. The molecule has 4 nitrogen and oxygen atoms in total. The van der Waals surface area contributed by atoms with Crippen molar-refractivity contribution in [2.75, 3.05) is 6.61 Å². The summed E-state index contributed by atoms with van der Waals surface area (Å²) in [5.74, 6) is 0.868. The second-order valence-corrected chi connectivity index (χ2v) is 6.71. The molecule has 0 saturated carbocycles. The monoisotopic (exact) mass is 333 g/mol. The van der Waals surface area contributed by atoms with Gasteiger partial charge in [-0.15, -0.1) is 0 Å². The minimum absolute atomic E-state index is 0.0699. The number of nitrogens with two attached hydrogens (primary N) is 1. The maximum absolute atomic E-state index is 5.97. The number of rotatable bonds is 4. The van der Waals surface area contributed by atoms with Crippen molar-refractivity contribution >= 4 is 32.6 Å². The number of hydrogen-bond acceptors (Lipinski definition) is 3. The van der Waals surface area contributed by atoms with Crippen LogP contribution in [0.4, 0.5) is 0 Å². The lowest BCUT2D eigenvalue weighted by atomic mass is 10.0. The first kappa shape index (κ1) is 15.9. The highest BCUT2D eigenvalue weighted by Gasteiger charge is 2.14. The van der Waals surface area contributed by atoms with E-state index in [0.29, 0.717) is 6.61 Å². The van der Waals surface area contributed by atoms with Crippen LogP contribution in [0.2, 0.25) is 0 Å². The highest BCUT2D eigenvalue weighted by Crippen LogP contribution is 2.36. The van der Waals surface area contributed by atoms with E-state index in [1.54, 1.807) is 0 Å². The Kier molecular flexibility index (Phi) is 3.85. The van der Waals surface area contributed by atoms with Crippen molar-refractivity contribution in [2.45, 2.75) is 26.3 Å². The first-order chi connectivity index (χ1) is 12.1. The Bertz CT molecular complexity index is 1080.